The highest BCUT2D eigenvalue weighted by Gasteiger charge is 1.88. The molecule has 0 saturated carbocycles. The standard InChI is InChI=1S/C9H12O.C4H6O2.C4H6/c10-8-4-7-9-5-2-1-3-6-9;1-3-4(5)6-2;1-3-4-2/h1-3,5-6,10H,4,7-8H2;3H,1H2,2H3;3-4H,1-2H2. The van der Waals surface area contributed by atoms with Crippen LogP contribution < -0.4 is 0 Å². The van der Waals surface area contributed by atoms with Gasteiger partial charge in [0, 0.05) is 12.7 Å². The van der Waals surface area contributed by atoms with E-state index in [1.807, 2.05) is 18.2 Å². The van der Waals surface area contributed by atoms with Gasteiger partial charge in [-0.15, -0.1) is 0 Å². The summed E-state index contributed by atoms with van der Waals surface area (Å²) in [5, 5.41) is 8.53. The maximum absolute atomic E-state index is 9.84. The van der Waals surface area contributed by atoms with Crippen LogP contribution in [0.5, 0.6) is 0 Å². The lowest BCUT2D eigenvalue weighted by atomic mass is 10.1. The van der Waals surface area contributed by atoms with Crippen LogP contribution >= 0.6 is 0 Å². The van der Waals surface area contributed by atoms with Crippen LogP contribution in [0, 0.1) is 0 Å². The van der Waals surface area contributed by atoms with Gasteiger partial charge in [-0.05, 0) is 18.4 Å². The topological polar surface area (TPSA) is 46.5 Å². The van der Waals surface area contributed by atoms with Gasteiger partial charge in [-0.3, -0.25) is 0 Å². The lowest BCUT2D eigenvalue weighted by molar-refractivity contribution is -0.134. The molecule has 0 bridgehead atoms. The molecule has 3 nitrogen and oxygen atoms in total. The third kappa shape index (κ3) is 15.9. The molecule has 110 valence electrons. The van der Waals surface area contributed by atoms with Crippen LogP contribution in [-0.2, 0) is 16.0 Å². The van der Waals surface area contributed by atoms with Gasteiger partial charge in [0.2, 0.25) is 0 Å². The minimum Gasteiger partial charge on any atom is -0.466 e. The minimum atomic E-state index is -0.394. The quantitative estimate of drug-likeness (QED) is 0.510. The summed E-state index contributed by atoms with van der Waals surface area (Å²) in [6, 6.07) is 10.2. The Morgan fingerprint density at radius 2 is 1.75 bits per heavy atom. The van der Waals surface area contributed by atoms with Crippen molar-refractivity contribution < 1.29 is 14.6 Å². The third-order valence-corrected chi connectivity index (χ3v) is 2.00. The van der Waals surface area contributed by atoms with Gasteiger partial charge >= 0.3 is 5.97 Å². The van der Waals surface area contributed by atoms with Crippen LogP contribution in [0.2, 0.25) is 0 Å². The normalized spacial score (nSPS) is 7.90. The number of aliphatic hydroxyl groups excluding tert-OH is 1. The number of aryl methyl sites for hydroxylation is 1. The van der Waals surface area contributed by atoms with Crippen molar-refractivity contribution >= 4 is 5.97 Å². The van der Waals surface area contributed by atoms with Gasteiger partial charge < -0.3 is 9.84 Å². The van der Waals surface area contributed by atoms with Crippen molar-refractivity contribution in [1.82, 2.24) is 0 Å². The van der Waals surface area contributed by atoms with Gasteiger partial charge in [0.15, 0.2) is 0 Å². The van der Waals surface area contributed by atoms with E-state index in [4.69, 9.17) is 5.11 Å². The fourth-order valence-electron chi connectivity index (χ4n) is 1.01. The summed E-state index contributed by atoms with van der Waals surface area (Å²) in [6.45, 7) is 10.2. The monoisotopic (exact) mass is 276 g/mol. The maximum atomic E-state index is 9.84. The van der Waals surface area contributed by atoms with E-state index >= 15 is 0 Å². The fourth-order valence-corrected chi connectivity index (χ4v) is 1.01. The molecule has 0 aliphatic heterocycles. The van der Waals surface area contributed by atoms with Crippen molar-refractivity contribution in [3.63, 3.8) is 0 Å². The number of allylic oxidation sites excluding steroid dienone is 2. The Bertz CT molecular complexity index is 363. The Labute approximate surface area is 121 Å². The lowest BCUT2D eigenvalue weighted by Gasteiger charge is -1.96. The Morgan fingerprint density at radius 1 is 1.20 bits per heavy atom. The van der Waals surface area contributed by atoms with Crippen molar-refractivity contribution in [2.24, 2.45) is 0 Å². The summed E-state index contributed by atoms with van der Waals surface area (Å²) >= 11 is 0. The number of esters is 1. The van der Waals surface area contributed by atoms with Crippen LogP contribution in [0.25, 0.3) is 0 Å². The first kappa shape index (κ1) is 20.2. The Kier molecular flexibility index (Phi) is 17.0. The van der Waals surface area contributed by atoms with Crippen molar-refractivity contribution in [2.45, 2.75) is 12.8 Å². The Morgan fingerprint density at radius 3 is 2.05 bits per heavy atom. The molecule has 0 atom stereocenters. The first-order valence-corrected chi connectivity index (χ1v) is 6.24. The molecule has 0 aliphatic carbocycles. The lowest BCUT2D eigenvalue weighted by Crippen LogP contribution is -1.91. The summed E-state index contributed by atoms with van der Waals surface area (Å²) < 4.78 is 4.14. The Balaban J connectivity index is 0. The van der Waals surface area contributed by atoms with Gasteiger partial charge in [0.25, 0.3) is 0 Å². The molecule has 0 spiro atoms. The van der Waals surface area contributed by atoms with Crippen LogP contribution in [-0.4, -0.2) is 24.8 Å². The molecule has 1 aromatic rings. The first-order chi connectivity index (χ1) is 9.65. The van der Waals surface area contributed by atoms with E-state index in [0.717, 1.165) is 18.9 Å². The number of carbonyl (C=O) groups is 1. The van der Waals surface area contributed by atoms with E-state index in [1.54, 1.807) is 12.2 Å². The first-order valence-electron chi connectivity index (χ1n) is 6.24. The van der Waals surface area contributed by atoms with Gasteiger partial charge in [-0.1, -0.05) is 62.2 Å². The van der Waals surface area contributed by atoms with Gasteiger partial charge in [-0.25, -0.2) is 4.79 Å². The summed E-state index contributed by atoms with van der Waals surface area (Å²) in [4.78, 5) is 9.84. The largest absolute Gasteiger partial charge is 0.466 e. The molecule has 0 fully saturated rings. The number of aliphatic hydroxyl groups is 1. The van der Waals surface area contributed by atoms with Crippen molar-refractivity contribution in [2.75, 3.05) is 13.7 Å². The molecule has 1 rings (SSSR count). The number of benzene rings is 1. The van der Waals surface area contributed by atoms with E-state index < -0.39 is 5.97 Å². The molecule has 0 radical (unpaired) electrons. The van der Waals surface area contributed by atoms with Crippen molar-refractivity contribution in [3.8, 4) is 0 Å². The predicted molar refractivity (Wildman–Crippen MR) is 84.5 cm³/mol. The van der Waals surface area contributed by atoms with Gasteiger partial charge in [0.05, 0.1) is 7.11 Å². The molecule has 0 heterocycles. The predicted octanol–water partition coefficient (Wildman–Crippen LogP) is 3.32. The van der Waals surface area contributed by atoms with Crippen molar-refractivity contribution in [3.05, 3.63) is 73.9 Å². The van der Waals surface area contributed by atoms with E-state index in [1.165, 1.54) is 12.7 Å². The number of methoxy groups -OCH3 is 1. The number of carbonyl (C=O) groups excluding carboxylic acids is 1. The zero-order valence-electron chi connectivity index (χ0n) is 12.1. The Hall–Kier alpha value is -2.13. The molecule has 0 aromatic heterocycles. The number of hydrogen-bond donors (Lipinski definition) is 1. The molecule has 0 aliphatic rings. The SMILES string of the molecule is C=CC(=O)OC.C=CC=C.OCCCc1ccccc1. The van der Waals surface area contributed by atoms with E-state index in [-0.39, 0.29) is 6.61 Å². The van der Waals surface area contributed by atoms with Crippen LogP contribution in [0.15, 0.2) is 68.3 Å². The molecule has 0 amide bonds. The van der Waals surface area contributed by atoms with Gasteiger partial charge in [-0.2, -0.15) is 0 Å². The molecular formula is C17H24O3. The molecule has 20 heavy (non-hydrogen) atoms. The number of rotatable bonds is 5. The molecule has 0 unspecified atom stereocenters. The second-order valence-electron chi connectivity index (χ2n) is 3.51. The fraction of sp³-hybridized carbons (Fsp3) is 0.235. The number of ether oxygens (including phenoxy) is 1. The average molecular weight is 276 g/mol. The highest BCUT2D eigenvalue weighted by atomic mass is 16.5. The highest BCUT2D eigenvalue weighted by molar-refractivity contribution is 5.80. The maximum Gasteiger partial charge on any atom is 0.329 e. The zero-order chi connectivity index (χ0) is 15.6. The van der Waals surface area contributed by atoms with E-state index in [0.29, 0.717) is 0 Å². The van der Waals surface area contributed by atoms with Crippen LogP contribution in [0.3, 0.4) is 0 Å². The molecule has 0 saturated heterocycles. The molecule has 1 aromatic carbocycles. The van der Waals surface area contributed by atoms with Crippen LogP contribution in [0.1, 0.15) is 12.0 Å². The molecule has 3 heteroatoms. The number of hydrogen-bond acceptors (Lipinski definition) is 3. The van der Waals surface area contributed by atoms with Crippen molar-refractivity contribution in [1.29, 1.82) is 0 Å². The summed E-state index contributed by atoms with van der Waals surface area (Å²) in [6.07, 6.45) is 6.24. The summed E-state index contributed by atoms with van der Waals surface area (Å²) in [5.41, 5.74) is 1.30. The van der Waals surface area contributed by atoms with E-state index in [9.17, 15) is 4.79 Å². The zero-order valence-corrected chi connectivity index (χ0v) is 12.1. The van der Waals surface area contributed by atoms with Crippen LogP contribution in [0.4, 0.5) is 0 Å². The minimum absolute atomic E-state index is 0.287. The smallest absolute Gasteiger partial charge is 0.329 e. The second-order valence-corrected chi connectivity index (χ2v) is 3.51. The summed E-state index contributed by atoms with van der Waals surface area (Å²) in [7, 11) is 1.31. The molecular weight excluding hydrogens is 252 g/mol. The third-order valence-electron chi connectivity index (χ3n) is 2.00. The highest BCUT2D eigenvalue weighted by Crippen LogP contribution is 2.00. The van der Waals surface area contributed by atoms with Gasteiger partial charge in [0.1, 0.15) is 0 Å². The average Bonchev–Trinajstić information content (AvgIpc) is 2.53. The molecule has 1 N–H and O–H groups in total. The summed E-state index contributed by atoms with van der Waals surface area (Å²) in [5.74, 6) is -0.394. The second kappa shape index (κ2) is 16.9. The van der Waals surface area contributed by atoms with E-state index in [2.05, 4.69) is 36.6 Å².